The van der Waals surface area contributed by atoms with Gasteiger partial charge in [-0.2, -0.15) is 0 Å². The third kappa shape index (κ3) is 1.45. The van der Waals surface area contributed by atoms with Gasteiger partial charge in [0, 0.05) is 33.9 Å². The first-order valence-corrected chi connectivity index (χ1v) is 6.72. The van der Waals surface area contributed by atoms with Crippen molar-refractivity contribution in [2.24, 2.45) is 9.98 Å². The fourth-order valence-electron chi connectivity index (χ4n) is 3.14. The molecule has 4 heteroatoms. The van der Waals surface area contributed by atoms with Gasteiger partial charge in [-0.05, 0) is 13.0 Å². The predicted molar refractivity (Wildman–Crippen MR) is 80.4 cm³/mol. The number of hydrogen-bond donors (Lipinski definition) is 1. The first kappa shape index (κ1) is 13.0. The lowest BCUT2D eigenvalue weighted by molar-refractivity contribution is 0.0693. The molecule has 2 aliphatic rings. The summed E-state index contributed by atoms with van der Waals surface area (Å²) in [6.07, 6.45) is 1.82. The Balaban J connectivity index is 2.43. The van der Waals surface area contributed by atoms with Crippen molar-refractivity contribution in [2.75, 3.05) is 0 Å². The second kappa shape index (κ2) is 3.57. The second-order valence-electron chi connectivity index (χ2n) is 6.65. The maximum absolute atomic E-state index is 11.9. The number of aromatic carboxylic acids is 1. The molecule has 0 saturated carbocycles. The van der Waals surface area contributed by atoms with E-state index in [9.17, 15) is 9.90 Å². The number of rotatable bonds is 1. The molecule has 2 aliphatic heterocycles. The van der Waals surface area contributed by atoms with Crippen LogP contribution in [0.25, 0.3) is 0 Å². The molecule has 0 spiro atoms. The van der Waals surface area contributed by atoms with E-state index in [4.69, 9.17) is 0 Å². The average molecular weight is 270 g/mol. The molecule has 104 valence electrons. The highest BCUT2D eigenvalue weighted by molar-refractivity contribution is 6.08. The van der Waals surface area contributed by atoms with E-state index in [0.717, 1.165) is 28.2 Å². The normalized spacial score (nSPS) is 20.6. The van der Waals surface area contributed by atoms with E-state index in [1.165, 1.54) is 0 Å². The van der Waals surface area contributed by atoms with Gasteiger partial charge in [0.1, 0.15) is 0 Å². The van der Waals surface area contributed by atoms with Gasteiger partial charge in [0.25, 0.3) is 0 Å². The Hall–Kier alpha value is -1.97. The Kier molecular flexibility index (Phi) is 2.32. The molecule has 1 N–H and O–H groups in total. The lowest BCUT2D eigenvalue weighted by Crippen LogP contribution is -2.28. The summed E-state index contributed by atoms with van der Waals surface area (Å²) >= 11 is 0. The molecule has 0 aromatic heterocycles. The smallest absolute Gasteiger partial charge is 0.336 e. The van der Waals surface area contributed by atoms with Crippen molar-refractivity contribution in [3.8, 4) is 0 Å². The number of carboxylic acids is 1. The molecule has 0 unspecified atom stereocenters. The van der Waals surface area contributed by atoms with E-state index in [0.29, 0.717) is 5.56 Å². The molecule has 1 aromatic carbocycles. The molecule has 0 fully saturated rings. The average Bonchev–Trinajstić information content (AvgIpc) is 2.73. The summed E-state index contributed by atoms with van der Waals surface area (Å²) in [5, 5.41) is 9.76. The first-order chi connectivity index (χ1) is 9.16. The molecular weight excluding hydrogens is 252 g/mol. The van der Waals surface area contributed by atoms with Crippen LogP contribution in [0.4, 0.5) is 11.4 Å². The van der Waals surface area contributed by atoms with Crippen LogP contribution in [0.15, 0.2) is 16.1 Å². The number of fused-ring (bicyclic) bond motifs is 2. The minimum Gasteiger partial charge on any atom is -0.478 e. The van der Waals surface area contributed by atoms with Gasteiger partial charge in [0.2, 0.25) is 0 Å². The molecule has 4 nitrogen and oxygen atoms in total. The second-order valence-corrected chi connectivity index (χ2v) is 6.65. The number of benzene rings is 1. The lowest BCUT2D eigenvalue weighted by Gasteiger charge is -2.26. The van der Waals surface area contributed by atoms with Crippen LogP contribution in [0.1, 0.15) is 56.1 Å². The fraction of sp³-hybridized carbons (Fsp3) is 0.438. The molecule has 0 bridgehead atoms. The zero-order valence-corrected chi connectivity index (χ0v) is 12.4. The highest BCUT2D eigenvalue weighted by Crippen LogP contribution is 2.50. The summed E-state index contributed by atoms with van der Waals surface area (Å²) in [6.45, 7) is 10.00. The minimum atomic E-state index is -0.894. The standard InChI is InChI=1S/C16H18N2O2/c1-8-16(4,5)13-10(18-8)6-9-12(11(13)14(19)20)15(2,3)7-17-9/h6-7H,1-5H3,(H,19,20). The fourth-order valence-corrected chi connectivity index (χ4v) is 3.14. The van der Waals surface area contributed by atoms with Crippen LogP contribution in [0.5, 0.6) is 0 Å². The number of nitrogens with zero attached hydrogens (tertiary/aromatic N) is 2. The van der Waals surface area contributed by atoms with Gasteiger partial charge in [-0.1, -0.05) is 27.7 Å². The number of carboxylic acid groups (broad SMARTS) is 1. The Morgan fingerprint density at radius 2 is 1.80 bits per heavy atom. The van der Waals surface area contributed by atoms with Crippen molar-refractivity contribution in [3.63, 3.8) is 0 Å². The number of aliphatic imine (C=N–C) groups is 2. The monoisotopic (exact) mass is 270 g/mol. The van der Waals surface area contributed by atoms with Gasteiger partial charge in [-0.25, -0.2) is 4.79 Å². The molecule has 0 saturated heterocycles. The SMILES string of the molecule is CC1=Nc2cc3c(c(C(=O)O)c2C1(C)C)C(C)(C)C=N3. The number of carbonyl (C=O) groups is 1. The Morgan fingerprint density at radius 1 is 1.15 bits per heavy atom. The van der Waals surface area contributed by atoms with Crippen LogP contribution in [-0.4, -0.2) is 23.0 Å². The van der Waals surface area contributed by atoms with Crippen molar-refractivity contribution < 1.29 is 9.90 Å². The summed E-state index contributed by atoms with van der Waals surface area (Å²) in [5.41, 5.74) is 3.73. The molecular formula is C16H18N2O2. The Labute approximate surface area is 118 Å². The van der Waals surface area contributed by atoms with Crippen molar-refractivity contribution in [3.05, 3.63) is 22.8 Å². The van der Waals surface area contributed by atoms with Crippen LogP contribution in [0, 0.1) is 0 Å². The van der Waals surface area contributed by atoms with E-state index < -0.39 is 5.97 Å². The lowest BCUT2D eigenvalue weighted by atomic mass is 9.74. The van der Waals surface area contributed by atoms with E-state index in [-0.39, 0.29) is 10.8 Å². The highest BCUT2D eigenvalue weighted by atomic mass is 16.4. The van der Waals surface area contributed by atoms with E-state index in [2.05, 4.69) is 9.98 Å². The molecule has 0 radical (unpaired) electrons. The quantitative estimate of drug-likeness (QED) is 0.844. The maximum atomic E-state index is 11.9. The van der Waals surface area contributed by atoms with Gasteiger partial charge in [-0.3, -0.25) is 9.98 Å². The van der Waals surface area contributed by atoms with Crippen LogP contribution < -0.4 is 0 Å². The summed E-state index contributed by atoms with van der Waals surface area (Å²) < 4.78 is 0. The van der Waals surface area contributed by atoms with E-state index >= 15 is 0 Å². The van der Waals surface area contributed by atoms with Gasteiger partial charge in [0.05, 0.1) is 16.9 Å². The van der Waals surface area contributed by atoms with Gasteiger partial charge in [-0.15, -0.1) is 0 Å². The van der Waals surface area contributed by atoms with Crippen LogP contribution >= 0.6 is 0 Å². The molecule has 2 heterocycles. The first-order valence-electron chi connectivity index (χ1n) is 6.72. The Bertz CT molecular complexity index is 710. The molecule has 0 atom stereocenters. The van der Waals surface area contributed by atoms with Gasteiger partial charge in [0.15, 0.2) is 0 Å². The largest absolute Gasteiger partial charge is 0.478 e. The zero-order valence-electron chi connectivity index (χ0n) is 12.4. The van der Waals surface area contributed by atoms with Crippen molar-refractivity contribution in [1.82, 2.24) is 0 Å². The highest BCUT2D eigenvalue weighted by Gasteiger charge is 2.42. The topological polar surface area (TPSA) is 62.0 Å². The number of hydrogen-bond acceptors (Lipinski definition) is 3. The maximum Gasteiger partial charge on any atom is 0.336 e. The van der Waals surface area contributed by atoms with E-state index in [1.54, 1.807) is 0 Å². The summed E-state index contributed by atoms with van der Waals surface area (Å²) in [6, 6.07) is 1.92. The van der Waals surface area contributed by atoms with E-state index in [1.807, 2.05) is 46.9 Å². The molecule has 1 aromatic rings. The third-order valence-corrected chi connectivity index (χ3v) is 4.49. The van der Waals surface area contributed by atoms with Crippen LogP contribution in [0.3, 0.4) is 0 Å². The molecule has 3 rings (SSSR count). The molecule has 20 heavy (non-hydrogen) atoms. The zero-order chi connectivity index (χ0) is 14.9. The summed E-state index contributed by atoms with van der Waals surface area (Å²) in [5.74, 6) is -0.894. The van der Waals surface area contributed by atoms with Crippen molar-refractivity contribution in [1.29, 1.82) is 0 Å². The minimum absolute atomic E-state index is 0.350. The summed E-state index contributed by atoms with van der Waals surface area (Å²) in [7, 11) is 0. The van der Waals surface area contributed by atoms with Gasteiger partial charge >= 0.3 is 5.97 Å². The van der Waals surface area contributed by atoms with Crippen molar-refractivity contribution in [2.45, 2.75) is 45.4 Å². The molecule has 0 amide bonds. The molecule has 0 aliphatic carbocycles. The van der Waals surface area contributed by atoms with Gasteiger partial charge < -0.3 is 5.11 Å². The third-order valence-electron chi connectivity index (χ3n) is 4.49. The summed E-state index contributed by atoms with van der Waals surface area (Å²) in [4.78, 5) is 20.8. The van der Waals surface area contributed by atoms with Crippen LogP contribution in [-0.2, 0) is 10.8 Å². The Morgan fingerprint density at radius 3 is 2.40 bits per heavy atom. The predicted octanol–water partition coefficient (Wildman–Crippen LogP) is 3.76. The van der Waals surface area contributed by atoms with Crippen LogP contribution in [0.2, 0.25) is 0 Å². The van der Waals surface area contributed by atoms with Crippen molar-refractivity contribution >= 4 is 29.3 Å².